The van der Waals surface area contributed by atoms with Crippen LogP contribution in [0.3, 0.4) is 0 Å². The summed E-state index contributed by atoms with van der Waals surface area (Å²) < 4.78 is 6.66. The summed E-state index contributed by atoms with van der Waals surface area (Å²) >= 11 is 6.05. The van der Waals surface area contributed by atoms with Crippen molar-refractivity contribution in [2.24, 2.45) is 7.05 Å². The molecule has 19 heavy (non-hydrogen) atoms. The fourth-order valence-corrected chi connectivity index (χ4v) is 1.96. The predicted molar refractivity (Wildman–Crippen MR) is 73.9 cm³/mol. The van der Waals surface area contributed by atoms with Gasteiger partial charge >= 0.3 is 0 Å². The average Bonchev–Trinajstić information content (AvgIpc) is 2.83. The van der Waals surface area contributed by atoms with Crippen molar-refractivity contribution in [3.05, 3.63) is 41.2 Å². The van der Waals surface area contributed by atoms with E-state index in [0.29, 0.717) is 22.0 Å². The van der Waals surface area contributed by atoms with Gasteiger partial charge in [0, 0.05) is 26.0 Å². The summed E-state index contributed by atoms with van der Waals surface area (Å²) in [5.74, 6) is 0.432. The quantitative estimate of drug-likeness (QED) is 0.866. The van der Waals surface area contributed by atoms with Gasteiger partial charge in [-0.1, -0.05) is 11.6 Å². The first-order valence-corrected chi connectivity index (χ1v) is 6.01. The molecular weight excluding hydrogens is 266 g/mol. The number of hydrogen-bond acceptors (Lipinski definition) is 3. The summed E-state index contributed by atoms with van der Waals surface area (Å²) in [5, 5.41) is 4.45. The van der Waals surface area contributed by atoms with E-state index in [1.165, 1.54) is 11.1 Å². The van der Waals surface area contributed by atoms with Gasteiger partial charge < -0.3 is 9.64 Å². The number of aromatic nitrogens is 2. The predicted octanol–water partition coefficient (Wildman–Crippen LogP) is 2.36. The minimum atomic E-state index is -0.144. The average molecular weight is 280 g/mol. The molecule has 0 spiro atoms. The van der Waals surface area contributed by atoms with E-state index in [1.54, 1.807) is 50.3 Å². The van der Waals surface area contributed by atoms with Crippen molar-refractivity contribution < 1.29 is 9.53 Å². The second-order valence-electron chi connectivity index (χ2n) is 4.09. The number of ether oxygens (including phenoxy) is 1. The van der Waals surface area contributed by atoms with Crippen LogP contribution in [0.5, 0.6) is 5.75 Å². The number of anilines is 1. The summed E-state index contributed by atoms with van der Waals surface area (Å²) in [5.41, 5.74) is 1.22. The number of rotatable bonds is 3. The van der Waals surface area contributed by atoms with Crippen molar-refractivity contribution >= 4 is 23.2 Å². The molecule has 2 aromatic rings. The van der Waals surface area contributed by atoms with Crippen LogP contribution < -0.4 is 9.64 Å². The van der Waals surface area contributed by atoms with Crippen molar-refractivity contribution in [1.29, 1.82) is 0 Å². The zero-order valence-corrected chi connectivity index (χ0v) is 11.7. The summed E-state index contributed by atoms with van der Waals surface area (Å²) in [4.78, 5) is 13.7. The van der Waals surface area contributed by atoms with Crippen molar-refractivity contribution in [1.82, 2.24) is 9.78 Å². The topological polar surface area (TPSA) is 47.4 Å². The van der Waals surface area contributed by atoms with Crippen LogP contribution in [0.2, 0.25) is 5.02 Å². The highest BCUT2D eigenvalue weighted by Crippen LogP contribution is 2.29. The number of amides is 1. The lowest BCUT2D eigenvalue weighted by molar-refractivity contribution is 0.0993. The van der Waals surface area contributed by atoms with Gasteiger partial charge in [0.2, 0.25) is 0 Å². The van der Waals surface area contributed by atoms with Crippen molar-refractivity contribution in [3.8, 4) is 5.75 Å². The molecule has 5 nitrogen and oxygen atoms in total. The van der Waals surface area contributed by atoms with Crippen LogP contribution in [-0.2, 0) is 7.05 Å². The molecule has 0 fully saturated rings. The Hall–Kier alpha value is -2.01. The zero-order valence-electron chi connectivity index (χ0n) is 10.9. The lowest BCUT2D eigenvalue weighted by atomic mass is 10.2. The molecule has 100 valence electrons. The molecule has 0 atom stereocenters. The summed E-state index contributed by atoms with van der Waals surface area (Å²) in [6.07, 6.45) is 3.20. The molecule has 1 aromatic carbocycles. The van der Waals surface area contributed by atoms with Crippen LogP contribution in [0, 0.1) is 0 Å². The summed E-state index contributed by atoms with van der Waals surface area (Å²) in [6.45, 7) is 0. The minimum Gasteiger partial charge on any atom is -0.495 e. The van der Waals surface area contributed by atoms with Gasteiger partial charge in [-0.15, -0.1) is 0 Å². The molecule has 0 aliphatic heterocycles. The molecule has 0 saturated heterocycles. The summed E-state index contributed by atoms with van der Waals surface area (Å²) in [7, 11) is 5.00. The summed E-state index contributed by atoms with van der Waals surface area (Å²) in [6, 6.07) is 5.19. The molecule has 1 aromatic heterocycles. The molecule has 1 heterocycles. The molecule has 0 aliphatic rings. The Kier molecular flexibility index (Phi) is 3.76. The maximum absolute atomic E-state index is 12.2. The van der Waals surface area contributed by atoms with Crippen LogP contribution in [0.4, 0.5) is 5.69 Å². The zero-order chi connectivity index (χ0) is 14.0. The lowest BCUT2D eigenvalue weighted by Crippen LogP contribution is -2.25. The number of carbonyl (C=O) groups is 1. The molecule has 1 amide bonds. The highest BCUT2D eigenvalue weighted by atomic mass is 35.5. The molecule has 0 radical (unpaired) electrons. The highest BCUT2D eigenvalue weighted by molar-refractivity contribution is 6.32. The first-order valence-electron chi connectivity index (χ1n) is 5.63. The van der Waals surface area contributed by atoms with Gasteiger partial charge in [-0.3, -0.25) is 9.48 Å². The maximum Gasteiger partial charge on any atom is 0.261 e. The van der Waals surface area contributed by atoms with Crippen LogP contribution >= 0.6 is 11.6 Å². The van der Waals surface area contributed by atoms with E-state index in [0.717, 1.165) is 0 Å². The van der Waals surface area contributed by atoms with Crippen molar-refractivity contribution in [2.75, 3.05) is 19.1 Å². The van der Waals surface area contributed by atoms with Gasteiger partial charge in [0.15, 0.2) is 0 Å². The molecule has 0 saturated carbocycles. The molecule has 0 aliphatic carbocycles. The number of nitrogens with zero attached hydrogens (tertiary/aromatic N) is 3. The monoisotopic (exact) mass is 279 g/mol. The molecular formula is C13H14ClN3O2. The van der Waals surface area contributed by atoms with Crippen LogP contribution in [0.1, 0.15) is 10.4 Å². The minimum absolute atomic E-state index is 0.144. The fraction of sp³-hybridized carbons (Fsp3) is 0.231. The number of hydrogen-bond donors (Lipinski definition) is 0. The van der Waals surface area contributed by atoms with E-state index in [9.17, 15) is 4.79 Å². The Morgan fingerprint density at radius 1 is 1.47 bits per heavy atom. The van der Waals surface area contributed by atoms with Crippen molar-refractivity contribution in [3.63, 3.8) is 0 Å². The molecule has 0 N–H and O–H groups in total. The standard InChI is InChI=1S/C13H14ClN3O2/c1-16-8-9(7-15-16)13(18)17(2)10-4-5-12(19-3)11(14)6-10/h4-8H,1-3H3. The smallest absolute Gasteiger partial charge is 0.261 e. The first-order chi connectivity index (χ1) is 9.02. The number of halogens is 1. The number of carbonyl (C=O) groups excluding carboxylic acids is 1. The number of aryl methyl sites for hydroxylation is 1. The molecule has 0 bridgehead atoms. The first kappa shape index (κ1) is 13.4. The van der Waals surface area contributed by atoms with Crippen molar-refractivity contribution in [2.45, 2.75) is 0 Å². The van der Waals surface area contributed by atoms with E-state index < -0.39 is 0 Å². The van der Waals surface area contributed by atoms with E-state index in [-0.39, 0.29) is 5.91 Å². The SMILES string of the molecule is COc1ccc(N(C)C(=O)c2cnn(C)c2)cc1Cl. The Morgan fingerprint density at radius 3 is 2.74 bits per heavy atom. The van der Waals surface area contributed by atoms with Crippen LogP contribution in [0.25, 0.3) is 0 Å². The third-order valence-electron chi connectivity index (χ3n) is 2.78. The van der Waals surface area contributed by atoms with Gasteiger partial charge in [-0.05, 0) is 18.2 Å². The lowest BCUT2D eigenvalue weighted by Gasteiger charge is -2.17. The Labute approximate surface area is 116 Å². The van der Waals surface area contributed by atoms with Gasteiger partial charge in [0.05, 0.1) is 23.9 Å². The van der Waals surface area contributed by atoms with Gasteiger partial charge in [-0.2, -0.15) is 5.10 Å². The van der Waals surface area contributed by atoms with E-state index in [2.05, 4.69) is 5.10 Å². The highest BCUT2D eigenvalue weighted by Gasteiger charge is 2.16. The second kappa shape index (κ2) is 5.32. The van der Waals surface area contributed by atoms with Crippen LogP contribution in [-0.4, -0.2) is 29.8 Å². The van der Waals surface area contributed by atoms with E-state index in [4.69, 9.17) is 16.3 Å². The van der Waals surface area contributed by atoms with Gasteiger partial charge in [0.1, 0.15) is 5.75 Å². The maximum atomic E-state index is 12.2. The van der Waals surface area contributed by atoms with E-state index >= 15 is 0 Å². The normalized spacial score (nSPS) is 10.3. The van der Waals surface area contributed by atoms with Gasteiger partial charge in [0.25, 0.3) is 5.91 Å². The fourth-order valence-electron chi connectivity index (χ4n) is 1.71. The molecule has 0 unspecified atom stereocenters. The Bertz CT molecular complexity index is 610. The second-order valence-corrected chi connectivity index (χ2v) is 4.49. The Balaban J connectivity index is 2.26. The van der Waals surface area contributed by atoms with E-state index in [1.807, 2.05) is 0 Å². The third kappa shape index (κ3) is 2.71. The molecule has 2 rings (SSSR count). The van der Waals surface area contributed by atoms with Crippen LogP contribution in [0.15, 0.2) is 30.6 Å². The largest absolute Gasteiger partial charge is 0.495 e. The number of benzene rings is 1. The number of methoxy groups -OCH3 is 1. The van der Waals surface area contributed by atoms with Gasteiger partial charge in [-0.25, -0.2) is 0 Å². The third-order valence-corrected chi connectivity index (χ3v) is 3.07. The molecule has 6 heteroatoms. The Morgan fingerprint density at radius 2 is 2.21 bits per heavy atom.